The van der Waals surface area contributed by atoms with Gasteiger partial charge in [-0.3, -0.25) is 4.98 Å². The number of rotatable bonds is 1. The third kappa shape index (κ3) is 2.07. The molecule has 2 aromatic rings. The van der Waals surface area contributed by atoms with Gasteiger partial charge in [0.1, 0.15) is 0 Å². The topological polar surface area (TPSA) is 12.9 Å². The molecule has 0 aliphatic heterocycles. The second kappa shape index (κ2) is 3.85. The van der Waals surface area contributed by atoms with Gasteiger partial charge in [-0.2, -0.15) is 0 Å². The van der Waals surface area contributed by atoms with Crippen molar-refractivity contribution in [3.8, 4) is 11.3 Å². The summed E-state index contributed by atoms with van der Waals surface area (Å²) < 4.78 is 0. The van der Waals surface area contributed by atoms with Crippen LogP contribution in [0.15, 0.2) is 36.4 Å². The van der Waals surface area contributed by atoms with Gasteiger partial charge in [-0.1, -0.05) is 35.9 Å². The molecule has 0 aliphatic rings. The Balaban J connectivity index is 2.53. The van der Waals surface area contributed by atoms with Gasteiger partial charge in [-0.15, -0.1) is 0 Å². The van der Waals surface area contributed by atoms with Crippen LogP contribution in [-0.4, -0.2) is 4.98 Å². The maximum absolute atomic E-state index is 4.57. The Bertz CT molecular complexity index is 469. The van der Waals surface area contributed by atoms with Crippen LogP contribution in [0.5, 0.6) is 0 Å². The van der Waals surface area contributed by atoms with E-state index in [0.717, 1.165) is 11.4 Å². The average molecular weight is 197 g/mol. The Kier molecular flexibility index (Phi) is 2.55. The van der Waals surface area contributed by atoms with Gasteiger partial charge in [-0.25, -0.2) is 0 Å². The molecule has 76 valence electrons. The second-order valence-electron chi connectivity index (χ2n) is 3.98. The van der Waals surface area contributed by atoms with Crippen molar-refractivity contribution in [1.29, 1.82) is 0 Å². The number of benzene rings is 1. The molecule has 1 heterocycles. The normalized spacial score (nSPS) is 10.3. The quantitative estimate of drug-likeness (QED) is 0.679. The highest BCUT2D eigenvalue weighted by molar-refractivity contribution is 5.63. The molecule has 0 aliphatic carbocycles. The summed E-state index contributed by atoms with van der Waals surface area (Å²) in [7, 11) is 0. The average Bonchev–Trinajstić information content (AvgIpc) is 2.23. The summed E-state index contributed by atoms with van der Waals surface area (Å²) >= 11 is 0. The number of aryl methyl sites for hydroxylation is 3. The van der Waals surface area contributed by atoms with E-state index < -0.39 is 0 Å². The number of aromatic nitrogens is 1. The molecule has 0 fully saturated rings. The van der Waals surface area contributed by atoms with Crippen molar-refractivity contribution >= 4 is 0 Å². The summed E-state index contributed by atoms with van der Waals surface area (Å²) in [5.74, 6) is 0. The first-order valence-corrected chi connectivity index (χ1v) is 5.18. The lowest BCUT2D eigenvalue weighted by atomic mass is 10.0. The number of hydrogen-bond acceptors (Lipinski definition) is 1. The molecule has 0 radical (unpaired) electrons. The molecule has 0 N–H and O–H groups in total. The summed E-state index contributed by atoms with van der Waals surface area (Å²) in [5, 5.41) is 0. The van der Waals surface area contributed by atoms with Crippen molar-refractivity contribution in [3.63, 3.8) is 0 Å². The molecular weight excluding hydrogens is 182 g/mol. The minimum atomic E-state index is 1.07. The van der Waals surface area contributed by atoms with E-state index in [1.54, 1.807) is 0 Å². The maximum atomic E-state index is 4.57. The maximum Gasteiger partial charge on any atom is 0.0734 e. The lowest BCUT2D eigenvalue weighted by Crippen LogP contribution is -1.90. The molecule has 1 nitrogen and oxygen atoms in total. The van der Waals surface area contributed by atoms with E-state index in [9.17, 15) is 0 Å². The van der Waals surface area contributed by atoms with Crippen LogP contribution in [0.1, 0.15) is 16.8 Å². The molecule has 1 aromatic heterocycles. The molecular formula is C14H15N. The Morgan fingerprint density at radius 2 is 1.47 bits per heavy atom. The summed E-state index contributed by atoms with van der Waals surface area (Å²) in [5.41, 5.74) is 5.86. The molecule has 0 saturated carbocycles. The predicted octanol–water partition coefficient (Wildman–Crippen LogP) is 3.67. The lowest BCUT2D eigenvalue weighted by Gasteiger charge is -2.06. The van der Waals surface area contributed by atoms with Crippen molar-refractivity contribution in [2.24, 2.45) is 0 Å². The van der Waals surface area contributed by atoms with Crippen LogP contribution in [0.2, 0.25) is 0 Å². The second-order valence-corrected chi connectivity index (χ2v) is 3.98. The molecule has 0 spiro atoms. The van der Waals surface area contributed by atoms with Crippen molar-refractivity contribution < 1.29 is 0 Å². The lowest BCUT2D eigenvalue weighted by molar-refractivity contribution is 1.17. The molecule has 1 aromatic carbocycles. The van der Waals surface area contributed by atoms with Crippen LogP contribution in [0.3, 0.4) is 0 Å². The minimum absolute atomic E-state index is 1.07. The van der Waals surface area contributed by atoms with Gasteiger partial charge in [0.2, 0.25) is 0 Å². The first-order chi connectivity index (χ1) is 7.16. The molecule has 15 heavy (non-hydrogen) atoms. The first kappa shape index (κ1) is 9.91. The first-order valence-electron chi connectivity index (χ1n) is 5.18. The molecule has 0 unspecified atom stereocenters. The van der Waals surface area contributed by atoms with Crippen LogP contribution in [-0.2, 0) is 0 Å². The van der Waals surface area contributed by atoms with Crippen LogP contribution in [0.25, 0.3) is 11.3 Å². The van der Waals surface area contributed by atoms with E-state index in [2.05, 4.69) is 49.2 Å². The van der Waals surface area contributed by atoms with Gasteiger partial charge < -0.3 is 0 Å². The van der Waals surface area contributed by atoms with Crippen LogP contribution in [0, 0.1) is 20.8 Å². The van der Waals surface area contributed by atoms with E-state index in [0.29, 0.717) is 0 Å². The van der Waals surface area contributed by atoms with Gasteiger partial charge in [0, 0.05) is 11.3 Å². The highest BCUT2D eigenvalue weighted by Crippen LogP contribution is 2.21. The molecule has 2 rings (SSSR count). The number of pyridine rings is 1. The third-order valence-electron chi connectivity index (χ3n) is 2.56. The van der Waals surface area contributed by atoms with Crippen molar-refractivity contribution in [3.05, 3.63) is 53.2 Å². The fourth-order valence-electron chi connectivity index (χ4n) is 1.63. The van der Waals surface area contributed by atoms with Gasteiger partial charge in [0.05, 0.1) is 5.69 Å². The molecule has 0 amide bonds. The third-order valence-corrected chi connectivity index (χ3v) is 2.56. The molecule has 0 saturated heterocycles. The van der Waals surface area contributed by atoms with Gasteiger partial charge in [0.15, 0.2) is 0 Å². The Morgan fingerprint density at radius 3 is 2.13 bits per heavy atom. The van der Waals surface area contributed by atoms with E-state index in [4.69, 9.17) is 0 Å². The summed E-state index contributed by atoms with van der Waals surface area (Å²) in [6.07, 6.45) is 0. The monoisotopic (exact) mass is 197 g/mol. The summed E-state index contributed by atoms with van der Waals surface area (Å²) in [4.78, 5) is 4.57. The zero-order valence-corrected chi connectivity index (χ0v) is 9.41. The largest absolute Gasteiger partial charge is 0.253 e. The van der Waals surface area contributed by atoms with Gasteiger partial charge in [-0.05, 0) is 32.4 Å². The van der Waals surface area contributed by atoms with E-state index in [1.165, 1.54) is 16.7 Å². The zero-order chi connectivity index (χ0) is 10.8. The summed E-state index contributed by atoms with van der Waals surface area (Å²) in [6.45, 7) is 6.22. The molecule has 0 atom stereocenters. The Hall–Kier alpha value is -1.63. The predicted molar refractivity (Wildman–Crippen MR) is 63.9 cm³/mol. The van der Waals surface area contributed by atoms with E-state index >= 15 is 0 Å². The van der Waals surface area contributed by atoms with Crippen LogP contribution in [0.4, 0.5) is 0 Å². The fraction of sp³-hybridized carbons (Fsp3) is 0.214. The van der Waals surface area contributed by atoms with Crippen molar-refractivity contribution in [2.45, 2.75) is 20.8 Å². The number of nitrogens with zero attached hydrogens (tertiary/aromatic N) is 1. The summed E-state index contributed by atoms with van der Waals surface area (Å²) in [6, 6.07) is 12.7. The Labute approximate surface area is 90.8 Å². The van der Waals surface area contributed by atoms with Crippen molar-refractivity contribution in [1.82, 2.24) is 4.98 Å². The highest BCUT2D eigenvalue weighted by Gasteiger charge is 2.02. The SMILES string of the molecule is Cc1ccc(-c2nc(C)ccc2C)cc1. The molecule has 1 heteroatoms. The van der Waals surface area contributed by atoms with Crippen LogP contribution >= 0.6 is 0 Å². The Morgan fingerprint density at radius 1 is 0.800 bits per heavy atom. The van der Waals surface area contributed by atoms with Crippen LogP contribution < -0.4 is 0 Å². The smallest absolute Gasteiger partial charge is 0.0734 e. The van der Waals surface area contributed by atoms with Crippen molar-refractivity contribution in [2.75, 3.05) is 0 Å². The van der Waals surface area contributed by atoms with Gasteiger partial charge in [0.25, 0.3) is 0 Å². The van der Waals surface area contributed by atoms with E-state index in [1.807, 2.05) is 13.0 Å². The molecule has 0 bridgehead atoms. The highest BCUT2D eigenvalue weighted by atomic mass is 14.7. The minimum Gasteiger partial charge on any atom is -0.253 e. The zero-order valence-electron chi connectivity index (χ0n) is 9.41. The standard InChI is InChI=1S/C14H15N/c1-10-4-8-13(9-5-10)14-11(2)6-7-12(3)15-14/h4-9H,1-3H3. The number of hydrogen-bond donors (Lipinski definition) is 0. The van der Waals surface area contributed by atoms with Gasteiger partial charge >= 0.3 is 0 Å². The van der Waals surface area contributed by atoms with E-state index in [-0.39, 0.29) is 0 Å². The fourth-order valence-corrected chi connectivity index (χ4v) is 1.63.